The van der Waals surface area contributed by atoms with Gasteiger partial charge in [-0.15, -0.1) is 6.58 Å². The number of urea groups is 1. The first-order valence-electron chi connectivity index (χ1n) is 6.33. The lowest BCUT2D eigenvalue weighted by Crippen LogP contribution is -2.44. The molecule has 0 aromatic heterocycles. The lowest BCUT2D eigenvalue weighted by molar-refractivity contribution is 0.172. The highest BCUT2D eigenvalue weighted by Crippen LogP contribution is 2.30. The van der Waals surface area contributed by atoms with Crippen molar-refractivity contribution in [3.05, 3.63) is 41.4 Å². The molecular weight excluding hydrogens is 304 g/mol. The smallest absolute Gasteiger partial charge is 0.317 e. The fourth-order valence-corrected chi connectivity index (χ4v) is 2.53. The van der Waals surface area contributed by atoms with E-state index in [-0.39, 0.29) is 17.6 Å². The average molecular weight is 323 g/mol. The van der Waals surface area contributed by atoms with Gasteiger partial charge < -0.3 is 4.90 Å². The third-order valence-electron chi connectivity index (χ3n) is 3.32. The molecule has 1 atom stereocenters. The molecule has 0 spiro atoms. The van der Waals surface area contributed by atoms with Crippen molar-refractivity contribution in [1.29, 1.82) is 0 Å². The largest absolute Gasteiger partial charge is 0.325 e. The van der Waals surface area contributed by atoms with Crippen LogP contribution in [0.1, 0.15) is 20.8 Å². The monoisotopic (exact) mass is 322 g/mol. The molecule has 1 heterocycles. The molecule has 0 N–H and O–H groups in total. The highest BCUT2D eigenvalue weighted by Gasteiger charge is 2.41. The van der Waals surface area contributed by atoms with Crippen LogP contribution in [0, 0.1) is 0 Å². The molecule has 0 saturated carbocycles. The highest BCUT2D eigenvalue weighted by atomic mass is 79.9. The summed E-state index contributed by atoms with van der Waals surface area (Å²) in [5.74, 6) is 0. The third kappa shape index (κ3) is 2.68. The van der Waals surface area contributed by atoms with Crippen molar-refractivity contribution in [3.8, 4) is 0 Å². The second kappa shape index (κ2) is 5.00. The summed E-state index contributed by atoms with van der Waals surface area (Å²) in [5, 5.41) is 0. The lowest BCUT2D eigenvalue weighted by atomic mass is 10.1. The minimum Gasteiger partial charge on any atom is -0.317 e. The van der Waals surface area contributed by atoms with Crippen molar-refractivity contribution in [3.63, 3.8) is 0 Å². The van der Waals surface area contributed by atoms with Crippen LogP contribution < -0.4 is 4.90 Å². The maximum absolute atomic E-state index is 12.6. The first kappa shape index (κ1) is 14.1. The summed E-state index contributed by atoms with van der Waals surface area (Å²) in [6.07, 6.45) is 1.84. The van der Waals surface area contributed by atoms with Gasteiger partial charge in [-0.25, -0.2) is 4.79 Å². The number of nitrogens with zero attached hydrogens (tertiary/aromatic N) is 2. The normalized spacial score (nSPS) is 20.0. The summed E-state index contributed by atoms with van der Waals surface area (Å²) in [7, 11) is 0. The predicted octanol–water partition coefficient (Wildman–Crippen LogP) is 4.04. The summed E-state index contributed by atoms with van der Waals surface area (Å²) in [6.45, 7) is 10.7. The molecule has 1 aliphatic rings. The standard InChI is InChI=1S/C15H19BrN2O/c1-5-12-10-17(15(2,3)4)14(19)18(12)13-8-6-11(16)7-9-13/h5-9,12H,1,10H2,2-4H3. The zero-order valence-electron chi connectivity index (χ0n) is 11.6. The number of halogens is 1. The van der Waals surface area contributed by atoms with Gasteiger partial charge in [0.25, 0.3) is 0 Å². The molecule has 0 aliphatic carbocycles. The van der Waals surface area contributed by atoms with Crippen molar-refractivity contribution < 1.29 is 4.79 Å². The Bertz CT molecular complexity index is 490. The van der Waals surface area contributed by atoms with Crippen LogP contribution in [0.15, 0.2) is 41.4 Å². The van der Waals surface area contributed by atoms with Gasteiger partial charge in [0.05, 0.1) is 6.04 Å². The Morgan fingerprint density at radius 2 is 1.89 bits per heavy atom. The molecule has 1 aromatic carbocycles. The minimum absolute atomic E-state index is 0.0212. The van der Waals surface area contributed by atoms with Gasteiger partial charge >= 0.3 is 6.03 Å². The van der Waals surface area contributed by atoms with Crippen LogP contribution in [0.4, 0.5) is 10.5 Å². The van der Waals surface area contributed by atoms with Crippen LogP contribution in [0.5, 0.6) is 0 Å². The first-order chi connectivity index (χ1) is 8.84. The van der Waals surface area contributed by atoms with Crippen molar-refractivity contribution in [1.82, 2.24) is 4.90 Å². The maximum atomic E-state index is 12.6. The van der Waals surface area contributed by atoms with Crippen molar-refractivity contribution in [2.24, 2.45) is 0 Å². The quantitative estimate of drug-likeness (QED) is 0.753. The first-order valence-corrected chi connectivity index (χ1v) is 7.13. The van der Waals surface area contributed by atoms with E-state index >= 15 is 0 Å². The van der Waals surface area contributed by atoms with Crippen molar-refractivity contribution >= 4 is 27.6 Å². The van der Waals surface area contributed by atoms with Gasteiger partial charge in [0.2, 0.25) is 0 Å². The van der Waals surface area contributed by atoms with E-state index in [2.05, 4.69) is 43.3 Å². The Kier molecular flexibility index (Phi) is 3.72. The topological polar surface area (TPSA) is 23.6 Å². The summed E-state index contributed by atoms with van der Waals surface area (Å²) < 4.78 is 1.01. The number of carbonyl (C=O) groups is 1. The Morgan fingerprint density at radius 1 is 1.32 bits per heavy atom. The fourth-order valence-electron chi connectivity index (χ4n) is 2.26. The van der Waals surface area contributed by atoms with Crippen LogP contribution in [-0.2, 0) is 0 Å². The van der Waals surface area contributed by atoms with E-state index in [1.807, 2.05) is 40.1 Å². The predicted molar refractivity (Wildman–Crippen MR) is 82.5 cm³/mol. The number of hydrogen-bond donors (Lipinski definition) is 0. The Labute approximate surface area is 123 Å². The molecule has 1 aliphatic heterocycles. The second-order valence-electron chi connectivity index (χ2n) is 5.71. The van der Waals surface area contributed by atoms with Gasteiger partial charge in [0, 0.05) is 22.2 Å². The average Bonchev–Trinajstić information content (AvgIpc) is 2.67. The number of benzene rings is 1. The molecule has 19 heavy (non-hydrogen) atoms. The second-order valence-corrected chi connectivity index (χ2v) is 6.63. The molecule has 102 valence electrons. The Morgan fingerprint density at radius 3 is 2.37 bits per heavy atom. The van der Waals surface area contributed by atoms with E-state index in [4.69, 9.17) is 0 Å². The van der Waals surface area contributed by atoms with E-state index in [1.54, 1.807) is 0 Å². The van der Waals surface area contributed by atoms with Gasteiger partial charge in [-0.2, -0.15) is 0 Å². The van der Waals surface area contributed by atoms with Gasteiger partial charge in [-0.05, 0) is 45.0 Å². The molecular formula is C15H19BrN2O. The van der Waals surface area contributed by atoms with Crippen molar-refractivity contribution in [2.45, 2.75) is 32.4 Å². The number of hydrogen-bond acceptors (Lipinski definition) is 1. The number of anilines is 1. The zero-order valence-corrected chi connectivity index (χ0v) is 13.1. The Hall–Kier alpha value is -1.29. The summed E-state index contributed by atoms with van der Waals surface area (Å²) >= 11 is 3.41. The highest BCUT2D eigenvalue weighted by molar-refractivity contribution is 9.10. The molecule has 0 radical (unpaired) electrons. The van der Waals surface area contributed by atoms with Crippen LogP contribution in [0.3, 0.4) is 0 Å². The molecule has 1 unspecified atom stereocenters. The minimum atomic E-state index is -0.178. The SMILES string of the molecule is C=CC1CN(C(C)(C)C)C(=O)N1c1ccc(Br)cc1. The number of amides is 2. The van der Waals surface area contributed by atoms with Crippen LogP contribution in [0.2, 0.25) is 0 Å². The Balaban J connectivity index is 2.36. The molecule has 1 fully saturated rings. The maximum Gasteiger partial charge on any atom is 0.325 e. The third-order valence-corrected chi connectivity index (χ3v) is 3.85. The van der Waals surface area contributed by atoms with Gasteiger partial charge in [0.15, 0.2) is 0 Å². The molecule has 2 amide bonds. The molecule has 4 heteroatoms. The molecule has 3 nitrogen and oxygen atoms in total. The van der Waals surface area contributed by atoms with Gasteiger partial charge in [-0.1, -0.05) is 22.0 Å². The fraction of sp³-hybridized carbons (Fsp3) is 0.400. The molecule has 2 rings (SSSR count). The van der Waals surface area contributed by atoms with E-state index in [0.29, 0.717) is 6.54 Å². The summed E-state index contributed by atoms with van der Waals surface area (Å²) in [4.78, 5) is 16.3. The van der Waals surface area contributed by atoms with Gasteiger partial charge in [0.1, 0.15) is 0 Å². The van der Waals surface area contributed by atoms with E-state index in [0.717, 1.165) is 10.2 Å². The molecule has 1 aromatic rings. The lowest BCUT2D eigenvalue weighted by Gasteiger charge is -2.31. The van der Waals surface area contributed by atoms with E-state index in [1.165, 1.54) is 0 Å². The van der Waals surface area contributed by atoms with Crippen molar-refractivity contribution in [2.75, 3.05) is 11.4 Å². The van der Waals surface area contributed by atoms with Crippen LogP contribution >= 0.6 is 15.9 Å². The van der Waals surface area contributed by atoms with E-state index in [9.17, 15) is 4.79 Å². The summed E-state index contributed by atoms with van der Waals surface area (Å²) in [5.41, 5.74) is 0.729. The zero-order chi connectivity index (χ0) is 14.2. The van der Waals surface area contributed by atoms with Crippen LogP contribution in [-0.4, -0.2) is 29.1 Å². The number of rotatable bonds is 2. The molecule has 1 saturated heterocycles. The van der Waals surface area contributed by atoms with E-state index < -0.39 is 0 Å². The number of carbonyl (C=O) groups excluding carboxylic acids is 1. The molecule has 0 bridgehead atoms. The van der Waals surface area contributed by atoms with Crippen LogP contribution in [0.25, 0.3) is 0 Å². The van der Waals surface area contributed by atoms with Gasteiger partial charge in [-0.3, -0.25) is 4.90 Å². The summed E-state index contributed by atoms with van der Waals surface area (Å²) in [6, 6.07) is 7.85.